The fourth-order valence-electron chi connectivity index (χ4n) is 3.25. The van der Waals surface area contributed by atoms with Crippen molar-refractivity contribution < 1.29 is 9.53 Å². The largest absolute Gasteiger partial charge is 0.484 e. The van der Waals surface area contributed by atoms with Gasteiger partial charge in [0.15, 0.2) is 6.61 Å². The maximum atomic E-state index is 12.3. The number of hydrogen-bond donors (Lipinski definition) is 1. The Morgan fingerprint density at radius 1 is 1.15 bits per heavy atom. The van der Waals surface area contributed by atoms with Crippen molar-refractivity contribution in [2.45, 2.75) is 13.0 Å². The van der Waals surface area contributed by atoms with E-state index in [4.69, 9.17) is 4.74 Å². The molecule has 5 heteroatoms. The number of ether oxygens (including phenoxy) is 1. The highest BCUT2D eigenvalue weighted by Gasteiger charge is 2.20. The summed E-state index contributed by atoms with van der Waals surface area (Å²) in [7, 11) is 6.11. The van der Waals surface area contributed by atoms with Crippen LogP contribution in [0, 0.1) is 6.92 Å². The smallest absolute Gasteiger partial charge is 0.258 e. The fourth-order valence-corrected chi connectivity index (χ4v) is 3.25. The van der Waals surface area contributed by atoms with Crippen molar-refractivity contribution in [2.75, 3.05) is 27.2 Å². The van der Waals surface area contributed by atoms with Crippen LogP contribution < -0.4 is 10.1 Å². The van der Waals surface area contributed by atoms with Gasteiger partial charge in [-0.15, -0.1) is 0 Å². The molecule has 3 rings (SSSR count). The summed E-state index contributed by atoms with van der Waals surface area (Å²) in [4.78, 5) is 14.4. The molecule has 0 bridgehead atoms. The normalized spacial score (nSPS) is 12.3. The molecule has 3 aromatic rings. The Morgan fingerprint density at radius 3 is 2.56 bits per heavy atom. The van der Waals surface area contributed by atoms with Crippen LogP contribution in [0.1, 0.15) is 17.2 Å². The number of aromatic nitrogens is 1. The number of fused-ring (bicyclic) bond motifs is 1. The van der Waals surface area contributed by atoms with Gasteiger partial charge in [-0.3, -0.25) is 4.79 Å². The van der Waals surface area contributed by atoms with E-state index in [1.165, 1.54) is 16.5 Å². The van der Waals surface area contributed by atoms with Crippen molar-refractivity contribution in [1.29, 1.82) is 0 Å². The number of nitrogens with one attached hydrogen (secondary N) is 1. The maximum absolute atomic E-state index is 12.3. The highest BCUT2D eigenvalue weighted by molar-refractivity contribution is 5.84. The second kappa shape index (κ2) is 8.27. The third-order valence-electron chi connectivity index (χ3n) is 4.79. The first-order valence-corrected chi connectivity index (χ1v) is 9.12. The maximum Gasteiger partial charge on any atom is 0.258 e. The Bertz CT molecular complexity index is 913. The van der Waals surface area contributed by atoms with E-state index in [1.807, 2.05) is 64.5 Å². The molecule has 0 radical (unpaired) electrons. The van der Waals surface area contributed by atoms with Crippen molar-refractivity contribution in [1.82, 2.24) is 14.8 Å². The number of benzene rings is 2. The third kappa shape index (κ3) is 4.49. The summed E-state index contributed by atoms with van der Waals surface area (Å²) in [6.07, 6.45) is 2.14. The molecule has 0 aliphatic heterocycles. The van der Waals surface area contributed by atoms with E-state index in [0.29, 0.717) is 12.3 Å². The SMILES string of the molecule is Cc1ccc(OCC(=O)NCC(c2cn(C)c3ccccc23)N(C)C)cc1. The Hall–Kier alpha value is -2.79. The lowest BCUT2D eigenvalue weighted by molar-refractivity contribution is -0.123. The van der Waals surface area contributed by atoms with Gasteiger partial charge in [-0.25, -0.2) is 0 Å². The molecule has 27 heavy (non-hydrogen) atoms. The van der Waals surface area contributed by atoms with E-state index < -0.39 is 0 Å². The summed E-state index contributed by atoms with van der Waals surface area (Å²) in [5.41, 5.74) is 3.56. The Labute approximate surface area is 160 Å². The van der Waals surface area contributed by atoms with Crippen LogP contribution in [0.15, 0.2) is 54.7 Å². The molecular weight excluding hydrogens is 338 g/mol. The fraction of sp³-hybridized carbons (Fsp3) is 0.318. The number of hydrogen-bond acceptors (Lipinski definition) is 3. The van der Waals surface area contributed by atoms with Gasteiger partial charge in [-0.05, 0) is 44.8 Å². The molecule has 1 heterocycles. The minimum absolute atomic E-state index is 0.0126. The molecule has 1 amide bonds. The number of para-hydroxylation sites is 1. The summed E-state index contributed by atoms with van der Waals surface area (Å²) < 4.78 is 7.69. The molecule has 2 aromatic carbocycles. The van der Waals surface area contributed by atoms with Gasteiger partial charge in [0, 0.05) is 30.7 Å². The van der Waals surface area contributed by atoms with Crippen LogP contribution in [0.2, 0.25) is 0 Å². The van der Waals surface area contributed by atoms with Crippen molar-refractivity contribution in [3.05, 3.63) is 65.9 Å². The van der Waals surface area contributed by atoms with Crippen LogP contribution in [0.5, 0.6) is 5.75 Å². The molecule has 0 saturated heterocycles. The first-order valence-electron chi connectivity index (χ1n) is 9.12. The molecular formula is C22H27N3O2. The molecule has 0 aliphatic rings. The Balaban J connectivity index is 1.64. The molecule has 0 saturated carbocycles. The molecule has 1 aromatic heterocycles. The van der Waals surface area contributed by atoms with Crippen molar-refractivity contribution >= 4 is 16.8 Å². The topological polar surface area (TPSA) is 46.5 Å². The van der Waals surface area contributed by atoms with Crippen molar-refractivity contribution in [2.24, 2.45) is 7.05 Å². The average Bonchev–Trinajstić information content (AvgIpc) is 2.98. The zero-order valence-corrected chi connectivity index (χ0v) is 16.4. The van der Waals surface area contributed by atoms with E-state index in [9.17, 15) is 4.79 Å². The number of aryl methyl sites for hydroxylation is 2. The molecule has 0 fully saturated rings. The van der Waals surface area contributed by atoms with E-state index >= 15 is 0 Å². The number of amides is 1. The van der Waals surface area contributed by atoms with E-state index in [2.05, 4.69) is 33.1 Å². The highest BCUT2D eigenvalue weighted by atomic mass is 16.5. The van der Waals surface area contributed by atoms with E-state index in [-0.39, 0.29) is 18.6 Å². The Kier molecular flexibility index (Phi) is 5.81. The molecule has 0 aliphatic carbocycles. The zero-order valence-electron chi connectivity index (χ0n) is 16.4. The van der Waals surface area contributed by atoms with Gasteiger partial charge >= 0.3 is 0 Å². The molecule has 1 atom stereocenters. The van der Waals surface area contributed by atoms with Crippen LogP contribution in [-0.2, 0) is 11.8 Å². The second-order valence-electron chi connectivity index (χ2n) is 7.10. The molecule has 0 spiro atoms. The summed E-state index contributed by atoms with van der Waals surface area (Å²) in [5.74, 6) is 0.580. The zero-order chi connectivity index (χ0) is 19.4. The van der Waals surface area contributed by atoms with E-state index in [1.54, 1.807) is 0 Å². The number of nitrogens with zero attached hydrogens (tertiary/aromatic N) is 2. The quantitative estimate of drug-likeness (QED) is 0.699. The van der Waals surface area contributed by atoms with Gasteiger partial charge in [0.25, 0.3) is 5.91 Å². The van der Waals surface area contributed by atoms with Gasteiger partial charge < -0.3 is 19.5 Å². The van der Waals surface area contributed by atoms with Crippen LogP contribution in [0.4, 0.5) is 0 Å². The summed E-state index contributed by atoms with van der Waals surface area (Å²) in [6, 6.07) is 16.1. The summed E-state index contributed by atoms with van der Waals surface area (Å²) >= 11 is 0. The lowest BCUT2D eigenvalue weighted by Gasteiger charge is -2.24. The summed E-state index contributed by atoms with van der Waals surface area (Å²) in [5, 5.41) is 4.22. The van der Waals surface area contributed by atoms with Crippen molar-refractivity contribution in [3.63, 3.8) is 0 Å². The number of carbonyl (C=O) groups excluding carboxylic acids is 1. The van der Waals surface area contributed by atoms with Gasteiger partial charge in [0.1, 0.15) is 5.75 Å². The number of carbonyl (C=O) groups is 1. The van der Waals surface area contributed by atoms with Crippen LogP contribution in [0.25, 0.3) is 10.9 Å². The summed E-state index contributed by atoms with van der Waals surface area (Å²) in [6.45, 7) is 2.56. The van der Waals surface area contributed by atoms with Gasteiger partial charge in [0.2, 0.25) is 0 Å². The van der Waals surface area contributed by atoms with Crippen LogP contribution >= 0.6 is 0 Å². The number of likely N-dealkylation sites (N-methyl/N-ethyl adjacent to an activating group) is 1. The van der Waals surface area contributed by atoms with Gasteiger partial charge in [0.05, 0.1) is 6.04 Å². The minimum atomic E-state index is -0.123. The number of rotatable bonds is 7. The second-order valence-corrected chi connectivity index (χ2v) is 7.10. The highest BCUT2D eigenvalue weighted by Crippen LogP contribution is 2.28. The van der Waals surface area contributed by atoms with Crippen LogP contribution in [0.3, 0.4) is 0 Å². The molecule has 1 unspecified atom stereocenters. The first-order chi connectivity index (χ1) is 13.0. The van der Waals surface area contributed by atoms with Crippen molar-refractivity contribution in [3.8, 4) is 5.75 Å². The molecule has 142 valence electrons. The van der Waals surface area contributed by atoms with Gasteiger partial charge in [-0.1, -0.05) is 35.9 Å². The van der Waals surface area contributed by atoms with Crippen LogP contribution in [-0.4, -0.2) is 42.6 Å². The third-order valence-corrected chi connectivity index (χ3v) is 4.79. The first kappa shape index (κ1) is 19.0. The Morgan fingerprint density at radius 2 is 1.85 bits per heavy atom. The predicted octanol–water partition coefficient (Wildman–Crippen LogP) is 3.28. The standard InChI is InChI=1S/C22H27N3O2/c1-16-9-11-17(12-10-16)27-15-22(26)23-13-21(24(2)3)19-14-25(4)20-8-6-5-7-18(19)20/h5-12,14,21H,13,15H2,1-4H3,(H,23,26). The lowest BCUT2D eigenvalue weighted by Crippen LogP contribution is -2.36. The monoisotopic (exact) mass is 365 g/mol. The minimum Gasteiger partial charge on any atom is -0.484 e. The van der Waals surface area contributed by atoms with E-state index in [0.717, 1.165) is 5.56 Å². The van der Waals surface area contributed by atoms with Gasteiger partial charge in [-0.2, -0.15) is 0 Å². The predicted molar refractivity (Wildman–Crippen MR) is 109 cm³/mol. The molecule has 1 N–H and O–H groups in total. The average molecular weight is 365 g/mol. The lowest BCUT2D eigenvalue weighted by atomic mass is 10.0. The molecule has 5 nitrogen and oxygen atoms in total.